The molecule has 2 rings (SSSR count). The molecule has 1 fully saturated rings. The van der Waals surface area contributed by atoms with Gasteiger partial charge in [0.25, 0.3) is 0 Å². The molecule has 4 amide bonds. The summed E-state index contributed by atoms with van der Waals surface area (Å²) in [5.74, 6) is -1.34. The van der Waals surface area contributed by atoms with Crippen molar-refractivity contribution in [1.82, 2.24) is 15.5 Å². The van der Waals surface area contributed by atoms with Gasteiger partial charge in [-0.15, -0.1) is 0 Å². The van der Waals surface area contributed by atoms with Gasteiger partial charge in [0.2, 0.25) is 17.7 Å². The van der Waals surface area contributed by atoms with Crippen LogP contribution in [0.2, 0.25) is 0 Å². The van der Waals surface area contributed by atoms with E-state index in [0.29, 0.717) is 5.56 Å². The van der Waals surface area contributed by atoms with E-state index in [2.05, 4.69) is 10.6 Å². The van der Waals surface area contributed by atoms with Crippen molar-refractivity contribution in [1.29, 1.82) is 0 Å². The number of carbonyl (C=O) groups excluding carboxylic acids is 4. The summed E-state index contributed by atoms with van der Waals surface area (Å²) < 4.78 is 5.36. The average molecular weight is 503 g/mol. The zero-order valence-electron chi connectivity index (χ0n) is 22.9. The highest BCUT2D eigenvalue weighted by Gasteiger charge is 2.45. The summed E-state index contributed by atoms with van der Waals surface area (Å²) in [5, 5.41) is 5.64. The van der Waals surface area contributed by atoms with Gasteiger partial charge in [-0.25, -0.2) is 4.79 Å². The molecule has 4 N–H and O–H groups in total. The fourth-order valence-electron chi connectivity index (χ4n) is 4.03. The molecule has 0 heterocycles. The molecule has 1 saturated carbocycles. The lowest BCUT2D eigenvalue weighted by atomic mass is 9.95. The Balaban J connectivity index is 2.51. The van der Waals surface area contributed by atoms with Gasteiger partial charge in [0.15, 0.2) is 0 Å². The van der Waals surface area contributed by atoms with Crippen LogP contribution in [0, 0.1) is 13.8 Å². The average Bonchev–Trinajstić information content (AvgIpc) is 3.51. The summed E-state index contributed by atoms with van der Waals surface area (Å²) in [4.78, 5) is 53.4. The Kier molecular flexibility index (Phi) is 9.15. The monoisotopic (exact) mass is 502 g/mol. The van der Waals surface area contributed by atoms with Gasteiger partial charge in [0.05, 0.1) is 0 Å². The summed E-state index contributed by atoms with van der Waals surface area (Å²) in [6.45, 7) is 14.7. The van der Waals surface area contributed by atoms with Crippen molar-refractivity contribution in [2.45, 2.75) is 110 Å². The molecule has 0 saturated heterocycles. The van der Waals surface area contributed by atoms with E-state index in [9.17, 15) is 19.2 Å². The second kappa shape index (κ2) is 11.3. The molecule has 1 aliphatic carbocycles. The van der Waals surface area contributed by atoms with E-state index in [-0.39, 0.29) is 24.8 Å². The first-order valence-corrected chi connectivity index (χ1v) is 12.5. The van der Waals surface area contributed by atoms with Gasteiger partial charge in [-0.05, 0) is 85.8 Å². The lowest BCUT2D eigenvalue weighted by Crippen LogP contribution is -2.55. The first-order valence-electron chi connectivity index (χ1n) is 12.5. The Morgan fingerprint density at radius 2 is 1.69 bits per heavy atom. The van der Waals surface area contributed by atoms with Crippen LogP contribution in [-0.4, -0.2) is 51.9 Å². The van der Waals surface area contributed by atoms with Gasteiger partial charge in [-0.3, -0.25) is 14.4 Å². The highest BCUT2D eigenvalue weighted by Crippen LogP contribution is 2.37. The Morgan fingerprint density at radius 3 is 2.17 bits per heavy atom. The molecule has 36 heavy (non-hydrogen) atoms. The van der Waals surface area contributed by atoms with Gasteiger partial charge in [-0.1, -0.05) is 23.8 Å². The normalized spacial score (nSPS) is 15.4. The van der Waals surface area contributed by atoms with E-state index in [4.69, 9.17) is 10.5 Å². The standard InChI is InChI=1S/C27H42N4O5/c1-16-9-12-19(17(2)15-16)22(23(33)30-26(3,4)5)31(18-10-11-18)24(34)20(13-14-21(28)32)29-25(35)36-27(6,7)8/h9,12,15,18,20,22H,10-11,13-14H2,1-8H3,(H2,28,32)(H,29,35)(H,30,33). The number of alkyl carbamates (subject to hydrolysis) is 1. The van der Waals surface area contributed by atoms with Crippen LogP contribution >= 0.6 is 0 Å². The molecule has 1 aromatic rings. The van der Waals surface area contributed by atoms with Crippen LogP contribution in [0.25, 0.3) is 0 Å². The molecule has 0 aromatic heterocycles. The van der Waals surface area contributed by atoms with E-state index < -0.39 is 41.1 Å². The Bertz CT molecular complexity index is 989. The number of hydrogen-bond acceptors (Lipinski definition) is 5. The first kappa shape index (κ1) is 29.1. The topological polar surface area (TPSA) is 131 Å². The van der Waals surface area contributed by atoms with Gasteiger partial charge in [0, 0.05) is 18.0 Å². The van der Waals surface area contributed by atoms with Crippen LogP contribution in [-0.2, 0) is 19.1 Å². The zero-order valence-corrected chi connectivity index (χ0v) is 22.9. The molecule has 1 aliphatic rings. The van der Waals surface area contributed by atoms with Crippen molar-refractivity contribution in [3.8, 4) is 0 Å². The maximum atomic E-state index is 14.0. The summed E-state index contributed by atoms with van der Waals surface area (Å²) in [5.41, 5.74) is 6.70. The third-order valence-electron chi connectivity index (χ3n) is 5.61. The lowest BCUT2D eigenvalue weighted by molar-refractivity contribution is -0.144. The van der Waals surface area contributed by atoms with Crippen LogP contribution in [0.3, 0.4) is 0 Å². The zero-order chi connectivity index (χ0) is 27.4. The van der Waals surface area contributed by atoms with Crippen molar-refractivity contribution in [2.75, 3.05) is 0 Å². The summed E-state index contributed by atoms with van der Waals surface area (Å²) in [6, 6.07) is 3.63. The van der Waals surface area contributed by atoms with Crippen LogP contribution in [0.15, 0.2) is 18.2 Å². The first-order chi connectivity index (χ1) is 16.5. The predicted octanol–water partition coefficient (Wildman–Crippen LogP) is 3.41. The van der Waals surface area contributed by atoms with Crippen molar-refractivity contribution in [2.24, 2.45) is 5.73 Å². The molecule has 0 radical (unpaired) electrons. The number of nitrogens with zero attached hydrogens (tertiary/aromatic N) is 1. The molecule has 0 spiro atoms. The predicted molar refractivity (Wildman–Crippen MR) is 138 cm³/mol. The van der Waals surface area contributed by atoms with Gasteiger partial charge >= 0.3 is 6.09 Å². The number of benzene rings is 1. The summed E-state index contributed by atoms with van der Waals surface area (Å²) in [6.07, 6.45) is 0.600. The van der Waals surface area contributed by atoms with Crippen molar-refractivity contribution < 1.29 is 23.9 Å². The Morgan fingerprint density at radius 1 is 1.08 bits per heavy atom. The molecular weight excluding hydrogens is 460 g/mol. The number of amides is 4. The number of hydrogen-bond donors (Lipinski definition) is 3. The largest absolute Gasteiger partial charge is 0.444 e. The van der Waals surface area contributed by atoms with E-state index in [1.54, 1.807) is 25.7 Å². The van der Waals surface area contributed by atoms with Crippen LogP contribution < -0.4 is 16.4 Å². The number of aryl methyl sites for hydroxylation is 2. The third-order valence-corrected chi connectivity index (χ3v) is 5.61. The van der Waals surface area contributed by atoms with Crippen molar-refractivity contribution >= 4 is 23.8 Å². The lowest BCUT2D eigenvalue weighted by Gasteiger charge is -2.36. The minimum absolute atomic E-state index is 0.00286. The Labute approximate surface area is 214 Å². The van der Waals surface area contributed by atoms with Gasteiger partial charge in [-0.2, -0.15) is 0 Å². The number of nitrogens with two attached hydrogens (primary N) is 1. The summed E-state index contributed by atoms with van der Waals surface area (Å²) in [7, 11) is 0. The number of carbonyl (C=O) groups is 4. The number of rotatable bonds is 9. The smallest absolute Gasteiger partial charge is 0.408 e. The van der Waals surface area contributed by atoms with Crippen molar-refractivity contribution in [3.63, 3.8) is 0 Å². The van der Waals surface area contributed by atoms with E-state index >= 15 is 0 Å². The number of nitrogens with one attached hydrogen (secondary N) is 2. The summed E-state index contributed by atoms with van der Waals surface area (Å²) >= 11 is 0. The maximum absolute atomic E-state index is 14.0. The highest BCUT2D eigenvalue weighted by molar-refractivity contribution is 5.93. The fourth-order valence-corrected chi connectivity index (χ4v) is 4.03. The van der Waals surface area contributed by atoms with Crippen LogP contribution in [0.5, 0.6) is 0 Å². The molecule has 0 bridgehead atoms. The Hall–Kier alpha value is -3.10. The quantitative estimate of drug-likeness (QED) is 0.476. The second-order valence-corrected chi connectivity index (χ2v) is 11.7. The minimum Gasteiger partial charge on any atom is -0.444 e. The third kappa shape index (κ3) is 8.84. The molecule has 0 aliphatic heterocycles. The molecule has 2 unspecified atom stereocenters. The van der Waals surface area contributed by atoms with Crippen molar-refractivity contribution in [3.05, 3.63) is 34.9 Å². The second-order valence-electron chi connectivity index (χ2n) is 11.7. The van der Waals surface area contributed by atoms with Crippen LogP contribution in [0.1, 0.15) is 90.0 Å². The van der Waals surface area contributed by atoms with E-state index in [1.807, 2.05) is 52.8 Å². The fraction of sp³-hybridized carbons (Fsp3) is 0.630. The van der Waals surface area contributed by atoms with E-state index in [0.717, 1.165) is 24.0 Å². The van der Waals surface area contributed by atoms with Crippen LogP contribution in [0.4, 0.5) is 4.79 Å². The molecular formula is C27H42N4O5. The molecule has 9 heteroatoms. The van der Waals surface area contributed by atoms with Gasteiger partial charge < -0.3 is 26.0 Å². The molecule has 9 nitrogen and oxygen atoms in total. The molecule has 200 valence electrons. The number of ether oxygens (including phenoxy) is 1. The minimum atomic E-state index is -1.08. The van der Waals surface area contributed by atoms with Gasteiger partial charge in [0.1, 0.15) is 17.7 Å². The highest BCUT2D eigenvalue weighted by atomic mass is 16.6. The molecule has 2 atom stereocenters. The SMILES string of the molecule is Cc1ccc(C(C(=O)NC(C)(C)C)N(C(=O)C(CCC(N)=O)NC(=O)OC(C)(C)C)C2CC2)c(C)c1. The molecule has 1 aromatic carbocycles. The number of primary amides is 1. The van der Waals surface area contributed by atoms with E-state index in [1.165, 1.54) is 0 Å². The maximum Gasteiger partial charge on any atom is 0.408 e.